The molecule has 0 spiro atoms. The van der Waals surface area contributed by atoms with Crippen LogP contribution in [0.1, 0.15) is 33.6 Å². The minimum Gasteiger partial charge on any atom is -0.481 e. The highest BCUT2D eigenvalue weighted by Crippen LogP contribution is 2.21. The molecule has 10 nitrogen and oxygen atoms in total. The van der Waals surface area contributed by atoms with Crippen LogP contribution in [-0.2, 0) is 19.2 Å². The molecule has 0 aliphatic carbocycles. The number of aliphatic carboxylic acids is 1. The summed E-state index contributed by atoms with van der Waals surface area (Å²) < 4.78 is 0. The summed E-state index contributed by atoms with van der Waals surface area (Å²) in [7, 11) is 0. The summed E-state index contributed by atoms with van der Waals surface area (Å²) in [4.78, 5) is 70.4. The van der Waals surface area contributed by atoms with E-state index in [0.29, 0.717) is 4.90 Å². The third-order valence-corrected chi connectivity index (χ3v) is 3.69. The minimum absolute atomic E-state index is 0.157. The lowest BCUT2D eigenvalue weighted by molar-refractivity contribution is -0.146. The Morgan fingerprint density at radius 3 is 2.00 bits per heavy atom. The lowest BCUT2D eigenvalue weighted by atomic mass is 10.0. The summed E-state index contributed by atoms with van der Waals surface area (Å²) in [6, 6.07) is 6.03. The van der Waals surface area contributed by atoms with E-state index in [-0.39, 0.29) is 11.1 Å². The molecule has 1 aromatic rings. The first-order chi connectivity index (χ1) is 12.2. The van der Waals surface area contributed by atoms with E-state index in [1.54, 1.807) is 12.1 Å². The number of imide groups is 2. The van der Waals surface area contributed by atoms with Gasteiger partial charge in [-0.15, -0.1) is 0 Å². The molecule has 0 fully saturated rings. The van der Waals surface area contributed by atoms with Crippen LogP contribution in [0.25, 0.3) is 0 Å². The van der Waals surface area contributed by atoms with Crippen molar-refractivity contribution in [3.05, 3.63) is 35.4 Å². The molecule has 1 aromatic carbocycles. The highest BCUT2D eigenvalue weighted by Gasteiger charge is 2.36. The van der Waals surface area contributed by atoms with E-state index >= 15 is 0 Å². The van der Waals surface area contributed by atoms with Crippen molar-refractivity contribution in [3.8, 4) is 0 Å². The number of carbonyl (C=O) groups excluding carboxylic acids is 5. The summed E-state index contributed by atoms with van der Waals surface area (Å²) >= 11 is 0. The zero-order valence-electron chi connectivity index (χ0n) is 13.4. The second-order valence-corrected chi connectivity index (χ2v) is 5.62. The summed E-state index contributed by atoms with van der Waals surface area (Å²) in [6.45, 7) is -0.689. The van der Waals surface area contributed by atoms with E-state index in [1.165, 1.54) is 12.1 Å². The number of amides is 5. The highest BCUT2D eigenvalue weighted by molar-refractivity contribution is 6.22. The van der Waals surface area contributed by atoms with E-state index in [1.807, 2.05) is 5.32 Å². The molecular formula is C16H15N3O7. The molecule has 1 atom stereocenters. The fourth-order valence-electron chi connectivity index (χ4n) is 2.49. The Morgan fingerprint density at radius 2 is 1.54 bits per heavy atom. The van der Waals surface area contributed by atoms with Gasteiger partial charge in [0.05, 0.1) is 17.0 Å². The van der Waals surface area contributed by atoms with Gasteiger partial charge in [-0.3, -0.25) is 39.0 Å². The summed E-state index contributed by atoms with van der Waals surface area (Å²) in [6.07, 6.45) is -1.21. The Labute approximate surface area is 146 Å². The van der Waals surface area contributed by atoms with Crippen LogP contribution in [0.4, 0.5) is 0 Å². The fourth-order valence-corrected chi connectivity index (χ4v) is 2.49. The van der Waals surface area contributed by atoms with E-state index in [4.69, 9.17) is 10.8 Å². The maximum absolute atomic E-state index is 12.1. The van der Waals surface area contributed by atoms with Crippen LogP contribution in [0.3, 0.4) is 0 Å². The predicted octanol–water partition coefficient (Wildman–Crippen LogP) is -1.11. The van der Waals surface area contributed by atoms with E-state index < -0.39 is 60.8 Å². The normalized spacial score (nSPS) is 13.9. The largest absolute Gasteiger partial charge is 0.481 e. The zero-order chi connectivity index (χ0) is 19.4. The lowest BCUT2D eigenvalue weighted by Crippen LogP contribution is -2.43. The van der Waals surface area contributed by atoms with Crippen molar-refractivity contribution >= 4 is 35.5 Å². The fraction of sp³-hybridized carbons (Fsp3) is 0.250. The van der Waals surface area contributed by atoms with Gasteiger partial charge in [0.25, 0.3) is 11.8 Å². The van der Waals surface area contributed by atoms with E-state index in [9.17, 15) is 28.8 Å². The van der Waals surface area contributed by atoms with Gasteiger partial charge in [-0.1, -0.05) is 12.1 Å². The summed E-state index contributed by atoms with van der Waals surface area (Å²) in [5.74, 6) is -6.92. The van der Waals surface area contributed by atoms with Crippen LogP contribution < -0.4 is 11.1 Å². The van der Waals surface area contributed by atoms with E-state index in [2.05, 4.69) is 0 Å². The van der Waals surface area contributed by atoms with Gasteiger partial charge in [-0.25, -0.2) is 0 Å². The molecule has 10 heteroatoms. The maximum atomic E-state index is 12.1. The average molecular weight is 361 g/mol. The molecule has 0 saturated carbocycles. The van der Waals surface area contributed by atoms with Crippen molar-refractivity contribution < 1.29 is 33.9 Å². The van der Waals surface area contributed by atoms with Crippen LogP contribution in [-0.4, -0.2) is 52.1 Å². The topological polar surface area (TPSA) is 164 Å². The molecule has 136 valence electrons. The molecule has 0 aromatic heterocycles. The number of carboxylic acids is 1. The van der Waals surface area contributed by atoms with Gasteiger partial charge >= 0.3 is 5.97 Å². The van der Waals surface area contributed by atoms with Gasteiger partial charge in [-0.2, -0.15) is 0 Å². The third kappa shape index (κ3) is 4.09. The molecule has 4 N–H and O–H groups in total. The Balaban J connectivity index is 1.96. The Hall–Kier alpha value is -3.56. The van der Waals surface area contributed by atoms with Crippen LogP contribution in [0.2, 0.25) is 0 Å². The summed E-state index contributed by atoms with van der Waals surface area (Å²) in [5.41, 5.74) is 5.22. The third-order valence-electron chi connectivity index (χ3n) is 3.69. The smallest absolute Gasteiger partial charge is 0.307 e. The van der Waals surface area contributed by atoms with Gasteiger partial charge in [-0.05, 0) is 12.1 Å². The number of carbonyl (C=O) groups is 6. The Kier molecular flexibility index (Phi) is 5.45. The predicted molar refractivity (Wildman–Crippen MR) is 84.5 cm³/mol. The molecule has 0 bridgehead atoms. The van der Waals surface area contributed by atoms with Crippen molar-refractivity contribution in [2.24, 2.45) is 11.7 Å². The first-order valence-electron chi connectivity index (χ1n) is 7.49. The second-order valence-electron chi connectivity index (χ2n) is 5.62. The highest BCUT2D eigenvalue weighted by atomic mass is 16.4. The van der Waals surface area contributed by atoms with Crippen LogP contribution in [0, 0.1) is 5.92 Å². The Bertz CT molecular complexity index is 783. The number of rotatable bonds is 7. The molecule has 5 amide bonds. The zero-order valence-corrected chi connectivity index (χ0v) is 13.4. The number of nitrogens with two attached hydrogens (primary N) is 1. The number of nitrogens with one attached hydrogen (secondary N) is 1. The number of nitrogens with zero attached hydrogens (tertiary/aromatic N) is 1. The molecule has 0 radical (unpaired) electrons. The molecule has 1 aliphatic rings. The first-order valence-corrected chi connectivity index (χ1v) is 7.49. The SMILES string of the molecule is NC(=O)C[C@@H](CC(=O)NC(=O)CN1C(=O)c2ccccc2C1=O)C(=O)O. The number of benzene rings is 1. The standard InChI is InChI=1S/C16H15N3O7/c17-11(20)5-8(16(25)26)6-12(21)18-13(22)7-19-14(23)9-3-1-2-4-10(9)15(19)24/h1-4,8H,5-7H2,(H2,17,20)(H,25,26)(H,18,21,22)/t8-/m0/s1. The van der Waals surface area contributed by atoms with Gasteiger partial charge in [0, 0.05) is 12.8 Å². The number of carboxylic acid groups (broad SMARTS) is 1. The molecule has 0 saturated heterocycles. The number of primary amides is 1. The number of hydrogen-bond donors (Lipinski definition) is 3. The van der Waals surface area contributed by atoms with Crippen molar-refractivity contribution in [2.75, 3.05) is 6.54 Å². The van der Waals surface area contributed by atoms with Crippen molar-refractivity contribution in [3.63, 3.8) is 0 Å². The van der Waals surface area contributed by atoms with Gasteiger partial charge < -0.3 is 10.8 Å². The van der Waals surface area contributed by atoms with Gasteiger partial charge in [0.15, 0.2) is 0 Å². The van der Waals surface area contributed by atoms with Crippen molar-refractivity contribution in [1.29, 1.82) is 0 Å². The monoisotopic (exact) mass is 361 g/mol. The van der Waals surface area contributed by atoms with Crippen molar-refractivity contribution in [2.45, 2.75) is 12.8 Å². The quantitative estimate of drug-likeness (QED) is 0.518. The number of hydrogen-bond acceptors (Lipinski definition) is 6. The molecule has 0 unspecified atom stereocenters. The molecular weight excluding hydrogens is 346 g/mol. The lowest BCUT2D eigenvalue weighted by Gasteiger charge is -2.14. The van der Waals surface area contributed by atoms with Crippen molar-refractivity contribution in [1.82, 2.24) is 10.2 Å². The summed E-state index contributed by atoms with van der Waals surface area (Å²) in [5, 5.41) is 10.8. The average Bonchev–Trinajstić information content (AvgIpc) is 2.79. The maximum Gasteiger partial charge on any atom is 0.307 e. The minimum atomic E-state index is -1.41. The van der Waals surface area contributed by atoms with E-state index in [0.717, 1.165) is 0 Å². The molecule has 2 rings (SSSR count). The van der Waals surface area contributed by atoms with Crippen LogP contribution in [0.5, 0.6) is 0 Å². The second kappa shape index (κ2) is 7.55. The molecule has 1 aliphatic heterocycles. The number of fused-ring (bicyclic) bond motifs is 1. The Morgan fingerprint density at radius 1 is 1.00 bits per heavy atom. The van der Waals surface area contributed by atoms with Gasteiger partial charge in [0.1, 0.15) is 6.54 Å². The first kappa shape index (κ1) is 18.8. The van der Waals surface area contributed by atoms with Crippen LogP contribution in [0.15, 0.2) is 24.3 Å². The molecule has 26 heavy (non-hydrogen) atoms. The van der Waals surface area contributed by atoms with Gasteiger partial charge in [0.2, 0.25) is 17.7 Å². The molecule has 1 heterocycles. The van der Waals surface area contributed by atoms with Crippen LogP contribution >= 0.6 is 0 Å².